The summed E-state index contributed by atoms with van der Waals surface area (Å²) in [6.45, 7) is 10.9. The van der Waals surface area contributed by atoms with Gasteiger partial charge in [-0.3, -0.25) is 9.59 Å². The van der Waals surface area contributed by atoms with Gasteiger partial charge < -0.3 is 24.4 Å². The number of amides is 1. The third kappa shape index (κ3) is 5.43. The summed E-state index contributed by atoms with van der Waals surface area (Å²) in [6, 6.07) is 10.3. The minimum atomic E-state index is -0.497. The molecule has 0 atom stereocenters. The van der Waals surface area contributed by atoms with Crippen molar-refractivity contribution in [2.24, 2.45) is 0 Å². The fourth-order valence-electron chi connectivity index (χ4n) is 3.85. The summed E-state index contributed by atoms with van der Waals surface area (Å²) in [6.07, 6.45) is 4.94. The molecule has 4 heterocycles. The topological polar surface area (TPSA) is 92.6 Å². The van der Waals surface area contributed by atoms with E-state index in [0.717, 1.165) is 38.5 Å². The molecule has 0 saturated carbocycles. The van der Waals surface area contributed by atoms with Gasteiger partial charge in [-0.25, -0.2) is 9.97 Å². The van der Waals surface area contributed by atoms with Crippen LogP contribution in [-0.4, -0.2) is 58.1 Å². The van der Waals surface area contributed by atoms with Gasteiger partial charge in [-0.1, -0.05) is 6.92 Å². The number of nitrogens with zero attached hydrogens (tertiary/aromatic N) is 5. The van der Waals surface area contributed by atoms with Crippen molar-refractivity contribution in [1.82, 2.24) is 19.4 Å². The summed E-state index contributed by atoms with van der Waals surface area (Å²) >= 11 is 0. The third-order valence-corrected chi connectivity index (χ3v) is 5.85. The zero-order valence-corrected chi connectivity index (χ0v) is 19.8. The Morgan fingerprint density at radius 2 is 1.88 bits per heavy atom. The number of carbonyl (C=O) groups excluding carboxylic acids is 1. The van der Waals surface area contributed by atoms with Crippen LogP contribution in [-0.2, 0) is 0 Å². The van der Waals surface area contributed by atoms with Crippen LogP contribution in [0.2, 0.25) is 0 Å². The van der Waals surface area contributed by atoms with Crippen LogP contribution in [0.3, 0.4) is 0 Å². The molecule has 1 saturated heterocycles. The van der Waals surface area contributed by atoms with Crippen molar-refractivity contribution in [3.8, 4) is 11.5 Å². The lowest BCUT2D eigenvalue weighted by molar-refractivity contribution is 0.102. The average molecular weight is 463 g/mol. The van der Waals surface area contributed by atoms with Crippen molar-refractivity contribution in [2.75, 3.05) is 42.9 Å². The summed E-state index contributed by atoms with van der Waals surface area (Å²) in [5, 5.41) is 2.68. The van der Waals surface area contributed by atoms with Gasteiger partial charge in [0.25, 0.3) is 11.5 Å². The molecule has 1 amide bonds. The Kier molecular flexibility index (Phi) is 7.22. The van der Waals surface area contributed by atoms with Crippen molar-refractivity contribution in [3.63, 3.8) is 0 Å². The second-order valence-electron chi connectivity index (χ2n) is 8.43. The lowest BCUT2D eigenvalue weighted by Gasteiger charge is -2.34. The molecule has 0 unspecified atom stereocenters. The number of nitrogens with one attached hydrogen (secondary N) is 1. The maximum Gasteiger partial charge on any atom is 0.263 e. The molecule has 1 fully saturated rings. The monoisotopic (exact) mass is 462 g/mol. The number of ether oxygens (including phenoxy) is 1. The van der Waals surface area contributed by atoms with Crippen molar-refractivity contribution in [2.45, 2.75) is 26.8 Å². The Balaban J connectivity index is 1.40. The van der Waals surface area contributed by atoms with Crippen molar-refractivity contribution >= 4 is 17.5 Å². The first-order valence-electron chi connectivity index (χ1n) is 11.5. The smallest absolute Gasteiger partial charge is 0.263 e. The van der Waals surface area contributed by atoms with E-state index >= 15 is 0 Å². The Morgan fingerprint density at radius 3 is 2.56 bits per heavy atom. The first kappa shape index (κ1) is 23.4. The van der Waals surface area contributed by atoms with Gasteiger partial charge in [0, 0.05) is 50.7 Å². The molecule has 3 aromatic heterocycles. The lowest BCUT2D eigenvalue weighted by Crippen LogP contribution is -2.46. The summed E-state index contributed by atoms with van der Waals surface area (Å²) < 4.78 is 7.47. The highest BCUT2D eigenvalue weighted by Crippen LogP contribution is 2.25. The minimum absolute atomic E-state index is 0.0375. The summed E-state index contributed by atoms with van der Waals surface area (Å²) in [7, 11) is 0. The van der Waals surface area contributed by atoms with Crippen LogP contribution in [0.25, 0.3) is 0 Å². The number of hydrogen-bond donors (Lipinski definition) is 1. The highest BCUT2D eigenvalue weighted by molar-refractivity contribution is 6.03. The number of piperazine rings is 1. The standard InChI is InChI=1S/C25H30N6O3/c1-4-29-12-14-30(15-13-29)23-16-19(9-10-26-23)34-20-7-8-22(27-17-20)28-24(32)21-6-5-11-31(18(2)3)25(21)33/h5-11,16-18H,4,12-15H2,1-3H3,(H,27,28,32). The molecular weight excluding hydrogens is 432 g/mol. The second-order valence-corrected chi connectivity index (χ2v) is 8.43. The van der Waals surface area contributed by atoms with Crippen LogP contribution < -0.4 is 20.5 Å². The molecule has 0 spiro atoms. The van der Waals surface area contributed by atoms with Gasteiger partial charge in [-0.05, 0) is 50.7 Å². The lowest BCUT2D eigenvalue weighted by atomic mass is 10.2. The van der Waals surface area contributed by atoms with Gasteiger partial charge in [0.05, 0.1) is 6.20 Å². The van der Waals surface area contributed by atoms with E-state index in [2.05, 4.69) is 32.0 Å². The molecule has 1 aliphatic rings. The number of likely N-dealkylation sites (N-methyl/N-ethyl adjacent to an activating group) is 1. The second kappa shape index (κ2) is 10.5. The van der Waals surface area contributed by atoms with Gasteiger partial charge >= 0.3 is 0 Å². The number of anilines is 2. The number of carbonyl (C=O) groups is 1. The zero-order chi connectivity index (χ0) is 24.1. The molecule has 9 nitrogen and oxygen atoms in total. The molecule has 0 bridgehead atoms. The van der Waals surface area contributed by atoms with E-state index in [1.54, 1.807) is 36.7 Å². The maximum atomic E-state index is 12.6. The maximum absolute atomic E-state index is 12.6. The number of rotatable bonds is 7. The van der Waals surface area contributed by atoms with Crippen molar-refractivity contribution in [3.05, 3.63) is 70.9 Å². The fraction of sp³-hybridized carbons (Fsp3) is 0.360. The predicted octanol–water partition coefficient (Wildman–Crippen LogP) is 3.41. The molecule has 4 rings (SSSR count). The third-order valence-electron chi connectivity index (χ3n) is 5.85. The Bertz CT molecular complexity index is 1180. The molecule has 0 aromatic carbocycles. The van der Waals surface area contributed by atoms with Crippen LogP contribution in [0.4, 0.5) is 11.6 Å². The Morgan fingerprint density at radius 1 is 1.09 bits per heavy atom. The zero-order valence-electron chi connectivity index (χ0n) is 19.8. The van der Waals surface area contributed by atoms with E-state index in [9.17, 15) is 9.59 Å². The average Bonchev–Trinajstić information content (AvgIpc) is 2.85. The van der Waals surface area contributed by atoms with Gasteiger partial charge in [-0.2, -0.15) is 0 Å². The van der Waals surface area contributed by atoms with Crippen LogP contribution in [0.5, 0.6) is 11.5 Å². The first-order valence-corrected chi connectivity index (χ1v) is 11.5. The molecule has 3 aromatic rings. The van der Waals surface area contributed by atoms with Crippen LogP contribution in [0.1, 0.15) is 37.2 Å². The van der Waals surface area contributed by atoms with E-state index in [4.69, 9.17) is 4.74 Å². The van der Waals surface area contributed by atoms with E-state index < -0.39 is 5.91 Å². The Hall–Kier alpha value is -3.72. The number of hydrogen-bond acceptors (Lipinski definition) is 7. The molecule has 0 aliphatic carbocycles. The molecule has 1 aliphatic heterocycles. The van der Waals surface area contributed by atoms with Gasteiger partial charge in [0.2, 0.25) is 0 Å². The van der Waals surface area contributed by atoms with Crippen LogP contribution in [0, 0.1) is 0 Å². The van der Waals surface area contributed by atoms with Crippen molar-refractivity contribution < 1.29 is 9.53 Å². The van der Waals surface area contributed by atoms with E-state index in [1.807, 2.05) is 19.9 Å². The van der Waals surface area contributed by atoms with Crippen molar-refractivity contribution in [1.29, 1.82) is 0 Å². The normalized spacial score (nSPS) is 14.3. The summed E-state index contributed by atoms with van der Waals surface area (Å²) in [5.74, 6) is 1.93. The quantitative estimate of drug-likeness (QED) is 0.575. The highest BCUT2D eigenvalue weighted by atomic mass is 16.5. The van der Waals surface area contributed by atoms with E-state index in [1.165, 1.54) is 16.8 Å². The number of pyridine rings is 3. The molecule has 9 heteroatoms. The fourth-order valence-corrected chi connectivity index (χ4v) is 3.85. The van der Waals surface area contributed by atoms with Crippen LogP contribution >= 0.6 is 0 Å². The molecular formula is C25H30N6O3. The number of aromatic nitrogens is 3. The molecule has 34 heavy (non-hydrogen) atoms. The summed E-state index contributed by atoms with van der Waals surface area (Å²) in [5.41, 5.74) is -0.262. The predicted molar refractivity (Wildman–Crippen MR) is 132 cm³/mol. The highest BCUT2D eigenvalue weighted by Gasteiger charge is 2.17. The van der Waals surface area contributed by atoms with E-state index in [0.29, 0.717) is 17.3 Å². The van der Waals surface area contributed by atoms with Gasteiger partial charge in [0.1, 0.15) is 28.7 Å². The minimum Gasteiger partial charge on any atom is -0.456 e. The SMILES string of the molecule is CCN1CCN(c2cc(Oc3ccc(NC(=O)c4cccn(C(C)C)c4=O)nc3)ccn2)CC1. The Labute approximate surface area is 199 Å². The van der Waals surface area contributed by atoms with Crippen LogP contribution in [0.15, 0.2) is 59.8 Å². The molecule has 0 radical (unpaired) electrons. The molecule has 178 valence electrons. The summed E-state index contributed by atoms with van der Waals surface area (Å²) in [4.78, 5) is 38.6. The van der Waals surface area contributed by atoms with Gasteiger partial charge in [-0.15, -0.1) is 0 Å². The van der Waals surface area contributed by atoms with E-state index in [-0.39, 0.29) is 17.2 Å². The largest absolute Gasteiger partial charge is 0.456 e. The first-order chi connectivity index (χ1) is 16.4. The molecule has 1 N–H and O–H groups in total. The van der Waals surface area contributed by atoms with Gasteiger partial charge in [0.15, 0.2) is 0 Å².